The van der Waals surface area contributed by atoms with Crippen LogP contribution in [0.1, 0.15) is 21.6 Å². The van der Waals surface area contributed by atoms with E-state index in [1.807, 2.05) is 6.92 Å². The highest BCUT2D eigenvalue weighted by Crippen LogP contribution is 2.35. The number of anilines is 4. The van der Waals surface area contributed by atoms with Crippen molar-refractivity contribution in [1.29, 1.82) is 5.41 Å². The third kappa shape index (κ3) is 4.79. The highest BCUT2D eigenvalue weighted by molar-refractivity contribution is 6.39. The Morgan fingerprint density at radius 3 is 2.38 bits per heavy atom. The second-order valence-electron chi connectivity index (χ2n) is 5.90. The van der Waals surface area contributed by atoms with Gasteiger partial charge in [0.15, 0.2) is 0 Å². The maximum absolute atomic E-state index is 11.7. The molecule has 0 radical (unpaired) electrons. The SMILES string of the molecule is COC(=O)c1cc(Cl)c(Nc2cc(Nc3cc(C)ncn3)ncc2C=N)c(Cl)c1. The Balaban J connectivity index is 1.94. The number of methoxy groups -OCH3 is 1. The Morgan fingerprint density at radius 1 is 1.07 bits per heavy atom. The van der Waals surface area contributed by atoms with Crippen LogP contribution in [0.3, 0.4) is 0 Å². The summed E-state index contributed by atoms with van der Waals surface area (Å²) in [6.07, 6.45) is 4.13. The molecule has 0 saturated heterocycles. The first-order valence-electron chi connectivity index (χ1n) is 8.32. The fourth-order valence-corrected chi connectivity index (χ4v) is 3.06. The van der Waals surface area contributed by atoms with Crippen LogP contribution >= 0.6 is 23.2 Å². The molecular weight excluding hydrogens is 415 g/mol. The molecule has 3 N–H and O–H groups in total. The van der Waals surface area contributed by atoms with Crippen LogP contribution in [0, 0.1) is 12.3 Å². The Bertz CT molecular complexity index is 1070. The van der Waals surface area contributed by atoms with E-state index in [1.165, 1.54) is 31.8 Å². The number of pyridine rings is 1. The number of nitrogens with one attached hydrogen (secondary N) is 3. The van der Waals surface area contributed by atoms with Gasteiger partial charge in [0.05, 0.1) is 34.1 Å². The van der Waals surface area contributed by atoms with Gasteiger partial charge < -0.3 is 20.8 Å². The van der Waals surface area contributed by atoms with Crippen molar-refractivity contribution in [2.24, 2.45) is 0 Å². The predicted molar refractivity (Wildman–Crippen MR) is 113 cm³/mol. The molecule has 0 aliphatic heterocycles. The molecule has 0 atom stereocenters. The van der Waals surface area contributed by atoms with E-state index in [-0.39, 0.29) is 15.6 Å². The van der Waals surface area contributed by atoms with Crippen LogP contribution in [-0.4, -0.2) is 34.2 Å². The number of benzene rings is 1. The van der Waals surface area contributed by atoms with Gasteiger partial charge in [-0.3, -0.25) is 0 Å². The number of ether oxygens (including phenoxy) is 1. The number of halogens is 2. The van der Waals surface area contributed by atoms with E-state index in [0.29, 0.717) is 28.6 Å². The quantitative estimate of drug-likeness (QED) is 0.381. The molecule has 0 fully saturated rings. The third-order valence-electron chi connectivity index (χ3n) is 3.87. The number of hydrogen-bond donors (Lipinski definition) is 3. The first-order valence-corrected chi connectivity index (χ1v) is 9.07. The topological polar surface area (TPSA) is 113 Å². The van der Waals surface area contributed by atoms with E-state index in [1.54, 1.807) is 12.1 Å². The van der Waals surface area contributed by atoms with Gasteiger partial charge in [-0.15, -0.1) is 0 Å². The first-order chi connectivity index (χ1) is 13.9. The van der Waals surface area contributed by atoms with Gasteiger partial charge in [0.2, 0.25) is 0 Å². The molecule has 148 valence electrons. The van der Waals surface area contributed by atoms with E-state index in [0.717, 1.165) is 11.9 Å². The highest BCUT2D eigenvalue weighted by Gasteiger charge is 2.15. The van der Waals surface area contributed by atoms with E-state index < -0.39 is 5.97 Å². The summed E-state index contributed by atoms with van der Waals surface area (Å²) in [6, 6.07) is 6.38. The fourth-order valence-electron chi connectivity index (χ4n) is 2.47. The molecule has 2 aromatic heterocycles. The summed E-state index contributed by atoms with van der Waals surface area (Å²) in [4.78, 5) is 24.2. The monoisotopic (exact) mass is 430 g/mol. The molecule has 3 rings (SSSR count). The molecular formula is C19H16Cl2N6O2. The minimum Gasteiger partial charge on any atom is -0.465 e. The number of nitrogens with zero attached hydrogens (tertiary/aromatic N) is 3. The second-order valence-corrected chi connectivity index (χ2v) is 6.72. The van der Waals surface area contributed by atoms with Crippen molar-refractivity contribution < 1.29 is 9.53 Å². The van der Waals surface area contributed by atoms with Crippen molar-refractivity contribution in [3.8, 4) is 0 Å². The molecule has 0 spiro atoms. The third-order valence-corrected chi connectivity index (χ3v) is 4.47. The van der Waals surface area contributed by atoms with Gasteiger partial charge in [-0.1, -0.05) is 23.2 Å². The molecule has 10 heteroatoms. The Hall–Kier alpha value is -3.23. The van der Waals surface area contributed by atoms with Crippen molar-refractivity contribution >= 4 is 58.4 Å². The molecule has 0 amide bonds. The molecule has 3 aromatic rings. The summed E-state index contributed by atoms with van der Waals surface area (Å²) < 4.78 is 4.69. The molecule has 0 unspecified atom stereocenters. The number of aromatic nitrogens is 3. The molecule has 29 heavy (non-hydrogen) atoms. The van der Waals surface area contributed by atoms with Crippen molar-refractivity contribution in [2.45, 2.75) is 6.92 Å². The Morgan fingerprint density at radius 2 is 1.76 bits per heavy atom. The van der Waals surface area contributed by atoms with Gasteiger partial charge in [-0.25, -0.2) is 19.7 Å². The average molecular weight is 431 g/mol. The maximum atomic E-state index is 11.7. The number of esters is 1. The van der Waals surface area contributed by atoms with E-state index in [9.17, 15) is 4.79 Å². The summed E-state index contributed by atoms with van der Waals surface area (Å²) in [7, 11) is 1.28. The van der Waals surface area contributed by atoms with Gasteiger partial charge in [-0.05, 0) is 19.1 Å². The lowest BCUT2D eigenvalue weighted by Crippen LogP contribution is -2.04. The van der Waals surface area contributed by atoms with Crippen molar-refractivity contribution in [3.63, 3.8) is 0 Å². The van der Waals surface area contributed by atoms with Crippen LogP contribution in [0.25, 0.3) is 0 Å². The van der Waals surface area contributed by atoms with Crippen LogP contribution in [0.4, 0.5) is 23.0 Å². The lowest BCUT2D eigenvalue weighted by Gasteiger charge is -2.15. The fraction of sp³-hybridized carbons (Fsp3) is 0.105. The summed E-state index contributed by atoms with van der Waals surface area (Å²) in [5, 5.41) is 14.3. The van der Waals surface area contributed by atoms with E-state index >= 15 is 0 Å². The van der Waals surface area contributed by atoms with Gasteiger partial charge >= 0.3 is 5.97 Å². The number of carbonyl (C=O) groups excluding carboxylic acids is 1. The highest BCUT2D eigenvalue weighted by atomic mass is 35.5. The maximum Gasteiger partial charge on any atom is 0.337 e. The summed E-state index contributed by atoms with van der Waals surface area (Å²) in [5.41, 5.74) is 2.48. The first kappa shape index (κ1) is 20.5. The minimum atomic E-state index is -0.545. The number of carbonyl (C=O) groups is 1. The summed E-state index contributed by atoms with van der Waals surface area (Å²) >= 11 is 12.6. The number of rotatable bonds is 6. The van der Waals surface area contributed by atoms with Crippen LogP contribution in [0.2, 0.25) is 10.0 Å². The van der Waals surface area contributed by atoms with Crippen LogP contribution in [0.5, 0.6) is 0 Å². The number of hydrogen-bond acceptors (Lipinski definition) is 8. The van der Waals surface area contributed by atoms with Crippen LogP contribution in [-0.2, 0) is 4.74 Å². The summed E-state index contributed by atoms with van der Waals surface area (Å²) in [5.74, 6) is 0.530. The van der Waals surface area contributed by atoms with Crippen molar-refractivity contribution in [3.05, 3.63) is 63.7 Å². The zero-order valence-electron chi connectivity index (χ0n) is 15.5. The zero-order chi connectivity index (χ0) is 21.0. The van der Waals surface area contributed by atoms with Gasteiger partial charge in [0.1, 0.15) is 18.0 Å². The molecule has 8 nitrogen and oxygen atoms in total. The average Bonchev–Trinajstić information content (AvgIpc) is 2.70. The Labute approximate surface area is 176 Å². The normalized spacial score (nSPS) is 10.3. The molecule has 1 aromatic carbocycles. The smallest absolute Gasteiger partial charge is 0.337 e. The van der Waals surface area contributed by atoms with Crippen LogP contribution < -0.4 is 10.6 Å². The minimum absolute atomic E-state index is 0.228. The predicted octanol–water partition coefficient (Wildman–Crippen LogP) is 4.76. The lowest BCUT2D eigenvalue weighted by molar-refractivity contribution is 0.0601. The Kier molecular flexibility index (Phi) is 6.26. The van der Waals surface area contributed by atoms with Gasteiger partial charge in [0.25, 0.3) is 0 Å². The molecule has 0 aliphatic rings. The molecule has 0 saturated carbocycles. The molecule has 2 heterocycles. The largest absolute Gasteiger partial charge is 0.465 e. The van der Waals surface area contributed by atoms with Gasteiger partial charge in [0, 0.05) is 35.8 Å². The van der Waals surface area contributed by atoms with E-state index in [2.05, 4.69) is 30.3 Å². The summed E-state index contributed by atoms with van der Waals surface area (Å²) in [6.45, 7) is 1.85. The van der Waals surface area contributed by atoms with Crippen molar-refractivity contribution in [1.82, 2.24) is 15.0 Å². The standard InChI is InChI=1S/C19H16Cl2N6O2/c1-10-3-16(25-9-24-10)27-17-6-15(12(7-22)8-23-17)26-18-13(20)4-11(5-14(18)21)19(28)29-2/h3-9,22H,1-2H3,(H2,23,24,25,26,27). The lowest BCUT2D eigenvalue weighted by atomic mass is 10.2. The zero-order valence-corrected chi connectivity index (χ0v) is 17.0. The molecule has 0 aliphatic carbocycles. The van der Waals surface area contributed by atoms with Crippen molar-refractivity contribution in [2.75, 3.05) is 17.7 Å². The number of aryl methyl sites for hydroxylation is 1. The molecule has 0 bridgehead atoms. The van der Waals surface area contributed by atoms with Gasteiger partial charge in [-0.2, -0.15) is 0 Å². The van der Waals surface area contributed by atoms with E-state index in [4.69, 9.17) is 28.6 Å². The van der Waals surface area contributed by atoms with Crippen LogP contribution in [0.15, 0.2) is 36.8 Å². The second kappa shape index (κ2) is 8.85.